The second-order valence-electron chi connectivity index (χ2n) is 4.80. The molecule has 0 aliphatic rings. The van der Waals surface area contributed by atoms with Crippen LogP contribution in [0.2, 0.25) is 0 Å². The minimum atomic E-state index is -0.121. The average Bonchev–Trinajstić information content (AvgIpc) is 2.54. The molecule has 112 valence electrons. The zero-order chi connectivity index (χ0) is 15.7. The number of thioether (sulfide) groups is 1. The van der Waals surface area contributed by atoms with Crippen molar-refractivity contribution in [3.63, 3.8) is 0 Å². The van der Waals surface area contributed by atoms with Gasteiger partial charge in [-0.05, 0) is 30.9 Å². The van der Waals surface area contributed by atoms with Crippen LogP contribution in [0.15, 0.2) is 46.5 Å². The number of pyridine rings is 1. The third-order valence-electron chi connectivity index (χ3n) is 3.44. The van der Waals surface area contributed by atoms with Crippen LogP contribution in [0.25, 0.3) is 16.7 Å². The summed E-state index contributed by atoms with van der Waals surface area (Å²) in [7, 11) is 1.60. The molecule has 0 spiro atoms. The van der Waals surface area contributed by atoms with Gasteiger partial charge >= 0.3 is 0 Å². The monoisotopic (exact) mass is 313 g/mol. The van der Waals surface area contributed by atoms with Gasteiger partial charge in [0.05, 0.1) is 12.8 Å². The standard InChI is InChI=1S/C16H15N3O2S/c1-10-7-14(20)19(11-5-4-6-12(8-11)21-2)15-13(10)9-17-16(18-15)22-3/h4-9H,1-3H3. The summed E-state index contributed by atoms with van der Waals surface area (Å²) in [5.74, 6) is 0.692. The van der Waals surface area contributed by atoms with Gasteiger partial charge in [0.1, 0.15) is 5.75 Å². The van der Waals surface area contributed by atoms with Gasteiger partial charge in [-0.15, -0.1) is 0 Å². The van der Waals surface area contributed by atoms with Gasteiger partial charge in [-0.3, -0.25) is 9.36 Å². The molecule has 2 aromatic heterocycles. The maximum atomic E-state index is 12.5. The molecule has 3 aromatic rings. The molecule has 5 nitrogen and oxygen atoms in total. The lowest BCUT2D eigenvalue weighted by molar-refractivity contribution is 0.414. The molecule has 0 amide bonds. The van der Waals surface area contributed by atoms with Crippen molar-refractivity contribution in [1.82, 2.24) is 14.5 Å². The molecule has 0 saturated heterocycles. The van der Waals surface area contributed by atoms with Crippen molar-refractivity contribution in [3.8, 4) is 11.4 Å². The highest BCUT2D eigenvalue weighted by Gasteiger charge is 2.11. The normalized spacial score (nSPS) is 10.9. The summed E-state index contributed by atoms with van der Waals surface area (Å²) in [6.45, 7) is 1.89. The molecule has 0 saturated carbocycles. The Hall–Kier alpha value is -2.34. The largest absolute Gasteiger partial charge is 0.497 e. The predicted octanol–water partition coefficient (Wildman–Crippen LogP) is 2.82. The lowest BCUT2D eigenvalue weighted by Crippen LogP contribution is -2.19. The average molecular weight is 313 g/mol. The van der Waals surface area contributed by atoms with E-state index >= 15 is 0 Å². The van der Waals surface area contributed by atoms with E-state index in [0.717, 1.165) is 16.6 Å². The van der Waals surface area contributed by atoms with Gasteiger partial charge in [0.25, 0.3) is 5.56 Å². The zero-order valence-corrected chi connectivity index (χ0v) is 13.3. The van der Waals surface area contributed by atoms with Crippen LogP contribution in [0, 0.1) is 6.92 Å². The minimum Gasteiger partial charge on any atom is -0.497 e. The Morgan fingerprint density at radius 1 is 1.27 bits per heavy atom. The van der Waals surface area contributed by atoms with Crippen LogP contribution in [-0.4, -0.2) is 27.9 Å². The quantitative estimate of drug-likeness (QED) is 0.550. The van der Waals surface area contributed by atoms with E-state index in [1.165, 1.54) is 11.8 Å². The van der Waals surface area contributed by atoms with Crippen LogP contribution in [0.1, 0.15) is 5.56 Å². The number of hydrogen-bond acceptors (Lipinski definition) is 5. The molecule has 0 aliphatic carbocycles. The van der Waals surface area contributed by atoms with Crippen molar-refractivity contribution in [2.75, 3.05) is 13.4 Å². The Kier molecular flexibility index (Phi) is 3.85. The van der Waals surface area contributed by atoms with Crippen LogP contribution < -0.4 is 10.3 Å². The molecule has 0 unspecified atom stereocenters. The van der Waals surface area contributed by atoms with E-state index in [2.05, 4.69) is 9.97 Å². The maximum Gasteiger partial charge on any atom is 0.257 e. The summed E-state index contributed by atoms with van der Waals surface area (Å²) in [5.41, 5.74) is 2.08. The van der Waals surface area contributed by atoms with E-state index in [4.69, 9.17) is 4.74 Å². The predicted molar refractivity (Wildman–Crippen MR) is 88.2 cm³/mol. The number of rotatable bonds is 3. The van der Waals surface area contributed by atoms with E-state index < -0.39 is 0 Å². The second-order valence-corrected chi connectivity index (χ2v) is 5.57. The third kappa shape index (κ3) is 2.46. The number of aryl methyl sites for hydroxylation is 1. The molecule has 0 aliphatic heterocycles. The fraction of sp³-hybridized carbons (Fsp3) is 0.188. The number of methoxy groups -OCH3 is 1. The van der Waals surface area contributed by atoms with Gasteiger partial charge in [0.15, 0.2) is 10.8 Å². The molecular weight excluding hydrogens is 298 g/mol. The Balaban J connectivity index is 2.38. The van der Waals surface area contributed by atoms with Crippen LogP contribution >= 0.6 is 11.8 Å². The highest BCUT2D eigenvalue weighted by atomic mass is 32.2. The van der Waals surface area contributed by atoms with E-state index in [1.807, 2.05) is 37.4 Å². The van der Waals surface area contributed by atoms with Gasteiger partial charge in [0.2, 0.25) is 0 Å². The Morgan fingerprint density at radius 3 is 2.82 bits per heavy atom. The molecule has 0 fully saturated rings. The molecule has 0 atom stereocenters. The Labute approximate surface area is 132 Å². The van der Waals surface area contributed by atoms with Gasteiger partial charge in [-0.2, -0.15) is 0 Å². The molecule has 2 heterocycles. The second kappa shape index (κ2) is 5.81. The zero-order valence-electron chi connectivity index (χ0n) is 12.5. The number of fused-ring (bicyclic) bond motifs is 1. The van der Waals surface area contributed by atoms with E-state index in [0.29, 0.717) is 16.6 Å². The molecule has 3 rings (SSSR count). The number of nitrogens with zero attached hydrogens (tertiary/aromatic N) is 3. The fourth-order valence-electron chi connectivity index (χ4n) is 2.34. The molecule has 22 heavy (non-hydrogen) atoms. The lowest BCUT2D eigenvalue weighted by atomic mass is 10.2. The SMILES string of the molecule is COc1cccc(-n2c(=O)cc(C)c3cnc(SC)nc32)c1. The number of aromatic nitrogens is 3. The smallest absolute Gasteiger partial charge is 0.257 e. The van der Waals surface area contributed by atoms with Gasteiger partial charge in [0, 0.05) is 23.7 Å². The van der Waals surface area contributed by atoms with Crippen LogP contribution in [-0.2, 0) is 0 Å². The maximum absolute atomic E-state index is 12.5. The summed E-state index contributed by atoms with van der Waals surface area (Å²) >= 11 is 1.44. The molecular formula is C16H15N3O2S. The Bertz CT molecular complexity index is 906. The van der Waals surface area contributed by atoms with Crippen LogP contribution in [0.4, 0.5) is 0 Å². The van der Waals surface area contributed by atoms with E-state index in [-0.39, 0.29) is 5.56 Å². The van der Waals surface area contributed by atoms with Crippen LogP contribution in [0.5, 0.6) is 5.75 Å². The third-order valence-corrected chi connectivity index (χ3v) is 4.00. The fourth-order valence-corrected chi connectivity index (χ4v) is 2.67. The summed E-state index contributed by atoms with van der Waals surface area (Å²) in [6.07, 6.45) is 3.67. The molecule has 0 N–H and O–H groups in total. The van der Waals surface area contributed by atoms with Crippen molar-refractivity contribution in [3.05, 3.63) is 52.4 Å². The number of hydrogen-bond donors (Lipinski definition) is 0. The van der Waals surface area contributed by atoms with E-state index in [1.54, 1.807) is 23.9 Å². The van der Waals surface area contributed by atoms with Crippen molar-refractivity contribution in [1.29, 1.82) is 0 Å². The molecule has 0 bridgehead atoms. The summed E-state index contributed by atoms with van der Waals surface area (Å²) < 4.78 is 6.83. The number of benzene rings is 1. The van der Waals surface area contributed by atoms with Crippen molar-refractivity contribution < 1.29 is 4.74 Å². The summed E-state index contributed by atoms with van der Waals surface area (Å²) in [6, 6.07) is 8.97. The topological polar surface area (TPSA) is 57.0 Å². The van der Waals surface area contributed by atoms with Crippen molar-refractivity contribution >= 4 is 22.8 Å². The van der Waals surface area contributed by atoms with E-state index in [9.17, 15) is 4.79 Å². The van der Waals surface area contributed by atoms with Crippen molar-refractivity contribution in [2.45, 2.75) is 12.1 Å². The van der Waals surface area contributed by atoms with Gasteiger partial charge < -0.3 is 4.74 Å². The van der Waals surface area contributed by atoms with Crippen molar-refractivity contribution in [2.24, 2.45) is 0 Å². The first kappa shape index (κ1) is 14.6. The summed E-state index contributed by atoms with van der Waals surface area (Å²) in [4.78, 5) is 21.3. The summed E-state index contributed by atoms with van der Waals surface area (Å²) in [5, 5.41) is 1.49. The minimum absolute atomic E-state index is 0.121. The molecule has 0 radical (unpaired) electrons. The molecule has 1 aromatic carbocycles. The van der Waals surface area contributed by atoms with Gasteiger partial charge in [-0.1, -0.05) is 17.8 Å². The highest BCUT2D eigenvalue weighted by Crippen LogP contribution is 2.22. The van der Waals surface area contributed by atoms with Gasteiger partial charge in [-0.25, -0.2) is 9.97 Å². The van der Waals surface area contributed by atoms with Crippen LogP contribution in [0.3, 0.4) is 0 Å². The molecule has 6 heteroatoms. The first-order chi connectivity index (χ1) is 10.6. The number of ether oxygens (including phenoxy) is 1. The highest BCUT2D eigenvalue weighted by molar-refractivity contribution is 7.98. The Morgan fingerprint density at radius 2 is 2.09 bits per heavy atom. The lowest BCUT2D eigenvalue weighted by Gasteiger charge is -2.12. The first-order valence-corrected chi connectivity index (χ1v) is 7.94. The first-order valence-electron chi connectivity index (χ1n) is 6.72.